The lowest BCUT2D eigenvalue weighted by atomic mass is 9.84. The number of rotatable bonds is 2. The van der Waals surface area contributed by atoms with Crippen LogP contribution in [0.15, 0.2) is 36.4 Å². The van der Waals surface area contributed by atoms with Crippen LogP contribution in [0.1, 0.15) is 33.8 Å². The molecule has 2 aliphatic heterocycles. The van der Waals surface area contributed by atoms with Crippen molar-refractivity contribution in [3.8, 4) is 11.5 Å². The average molecular weight is 339 g/mol. The van der Waals surface area contributed by atoms with Crippen LogP contribution in [0.2, 0.25) is 0 Å². The largest absolute Gasteiger partial charge is 0.486 e. The molecule has 0 spiro atoms. The van der Waals surface area contributed by atoms with Crippen molar-refractivity contribution >= 4 is 17.6 Å². The maximum atomic E-state index is 12.1. The molecule has 0 bridgehead atoms. The van der Waals surface area contributed by atoms with E-state index in [0.717, 1.165) is 16.8 Å². The van der Waals surface area contributed by atoms with Gasteiger partial charge in [-0.05, 0) is 29.3 Å². The fourth-order valence-corrected chi connectivity index (χ4v) is 3.26. The molecule has 0 aliphatic carbocycles. The van der Waals surface area contributed by atoms with Crippen LogP contribution >= 0.6 is 0 Å². The zero-order valence-corrected chi connectivity index (χ0v) is 13.7. The van der Waals surface area contributed by atoms with E-state index in [-0.39, 0.29) is 17.8 Å². The molecule has 0 saturated heterocycles. The molecule has 2 aromatic carbocycles. The van der Waals surface area contributed by atoms with E-state index in [1.165, 1.54) is 7.11 Å². The lowest BCUT2D eigenvalue weighted by molar-refractivity contribution is -0.116. The molecule has 0 radical (unpaired) electrons. The highest BCUT2D eigenvalue weighted by atomic mass is 16.6. The van der Waals surface area contributed by atoms with E-state index in [9.17, 15) is 9.59 Å². The van der Waals surface area contributed by atoms with E-state index < -0.39 is 0 Å². The minimum atomic E-state index is -0.382. The molecular formula is C19H17NO5. The third-order valence-corrected chi connectivity index (χ3v) is 4.49. The summed E-state index contributed by atoms with van der Waals surface area (Å²) in [5, 5.41) is 2.90. The van der Waals surface area contributed by atoms with Crippen LogP contribution in [0, 0.1) is 0 Å². The Hall–Kier alpha value is -3.02. The Morgan fingerprint density at radius 1 is 1.12 bits per heavy atom. The van der Waals surface area contributed by atoms with Gasteiger partial charge in [0.2, 0.25) is 5.91 Å². The number of benzene rings is 2. The Balaban J connectivity index is 1.74. The summed E-state index contributed by atoms with van der Waals surface area (Å²) in [6, 6.07) is 10.9. The first kappa shape index (κ1) is 15.5. The number of amides is 1. The first-order valence-corrected chi connectivity index (χ1v) is 8.07. The zero-order chi connectivity index (χ0) is 17.4. The molecule has 2 aromatic rings. The van der Waals surface area contributed by atoms with Gasteiger partial charge in [0.25, 0.3) is 0 Å². The summed E-state index contributed by atoms with van der Waals surface area (Å²) < 4.78 is 16.0. The standard InChI is InChI=1S/C19H17NO5/c1-23-19(22)12-4-2-11(3-5-12)13-9-18(21)20-15-10-17-16(8-14(13)15)24-6-7-25-17/h2-5,8,10,13H,6-7,9H2,1H3,(H,20,21)/t13-/m1/s1. The number of hydrogen-bond donors (Lipinski definition) is 1. The summed E-state index contributed by atoms with van der Waals surface area (Å²) in [5.41, 5.74) is 3.16. The number of esters is 1. The third-order valence-electron chi connectivity index (χ3n) is 4.49. The number of hydrogen-bond acceptors (Lipinski definition) is 5. The fourth-order valence-electron chi connectivity index (χ4n) is 3.26. The molecule has 25 heavy (non-hydrogen) atoms. The van der Waals surface area contributed by atoms with Gasteiger partial charge in [0, 0.05) is 24.1 Å². The number of nitrogens with one attached hydrogen (secondary N) is 1. The third kappa shape index (κ3) is 2.80. The second-order valence-corrected chi connectivity index (χ2v) is 6.00. The van der Waals surface area contributed by atoms with Crippen LogP contribution < -0.4 is 14.8 Å². The Morgan fingerprint density at radius 3 is 2.48 bits per heavy atom. The van der Waals surface area contributed by atoms with Crippen LogP contribution in [0.25, 0.3) is 0 Å². The van der Waals surface area contributed by atoms with Crippen LogP contribution in [0.4, 0.5) is 5.69 Å². The molecule has 1 N–H and O–H groups in total. The predicted octanol–water partition coefficient (Wildman–Crippen LogP) is 2.72. The van der Waals surface area contributed by atoms with Crippen molar-refractivity contribution in [2.75, 3.05) is 25.6 Å². The molecule has 0 saturated carbocycles. The molecule has 6 heteroatoms. The molecule has 128 valence electrons. The van der Waals surface area contributed by atoms with Gasteiger partial charge < -0.3 is 19.5 Å². The van der Waals surface area contributed by atoms with Gasteiger partial charge in [0.05, 0.1) is 12.7 Å². The van der Waals surface area contributed by atoms with Crippen molar-refractivity contribution in [2.24, 2.45) is 0 Å². The highest BCUT2D eigenvalue weighted by Gasteiger charge is 2.29. The lowest BCUT2D eigenvalue weighted by Gasteiger charge is -2.29. The van der Waals surface area contributed by atoms with E-state index in [2.05, 4.69) is 5.32 Å². The zero-order valence-electron chi connectivity index (χ0n) is 13.7. The van der Waals surface area contributed by atoms with Gasteiger partial charge >= 0.3 is 5.97 Å². The average Bonchev–Trinajstić information content (AvgIpc) is 2.65. The van der Waals surface area contributed by atoms with Gasteiger partial charge in [0.1, 0.15) is 13.2 Å². The molecule has 0 unspecified atom stereocenters. The van der Waals surface area contributed by atoms with Gasteiger partial charge in [-0.2, -0.15) is 0 Å². The Labute approximate surface area is 144 Å². The van der Waals surface area contributed by atoms with Crippen molar-refractivity contribution in [2.45, 2.75) is 12.3 Å². The van der Waals surface area contributed by atoms with Crippen LogP contribution in [0.3, 0.4) is 0 Å². The molecule has 1 amide bonds. The normalized spacial score (nSPS) is 18.1. The van der Waals surface area contributed by atoms with Crippen LogP contribution in [0.5, 0.6) is 11.5 Å². The van der Waals surface area contributed by atoms with Crippen LogP contribution in [-0.4, -0.2) is 32.2 Å². The molecule has 0 aromatic heterocycles. The monoisotopic (exact) mass is 339 g/mol. The summed E-state index contributed by atoms with van der Waals surface area (Å²) >= 11 is 0. The summed E-state index contributed by atoms with van der Waals surface area (Å²) in [6.07, 6.45) is 0.338. The van der Waals surface area contributed by atoms with Crippen molar-refractivity contribution in [3.63, 3.8) is 0 Å². The van der Waals surface area contributed by atoms with E-state index in [1.807, 2.05) is 24.3 Å². The van der Waals surface area contributed by atoms with Gasteiger partial charge in [-0.15, -0.1) is 0 Å². The lowest BCUT2D eigenvalue weighted by Crippen LogP contribution is -2.24. The van der Waals surface area contributed by atoms with E-state index in [1.54, 1.807) is 12.1 Å². The number of carbonyl (C=O) groups is 2. The number of ether oxygens (including phenoxy) is 3. The summed E-state index contributed by atoms with van der Waals surface area (Å²) in [4.78, 5) is 23.7. The Kier molecular flexibility index (Phi) is 3.80. The first-order chi connectivity index (χ1) is 12.2. The van der Waals surface area contributed by atoms with E-state index in [4.69, 9.17) is 14.2 Å². The van der Waals surface area contributed by atoms with Crippen molar-refractivity contribution < 1.29 is 23.8 Å². The molecule has 2 heterocycles. The summed E-state index contributed by atoms with van der Waals surface area (Å²) in [6.45, 7) is 1.01. The van der Waals surface area contributed by atoms with Crippen molar-refractivity contribution in [1.82, 2.24) is 0 Å². The van der Waals surface area contributed by atoms with E-state index >= 15 is 0 Å². The summed E-state index contributed by atoms with van der Waals surface area (Å²) in [5.74, 6) is 0.801. The van der Waals surface area contributed by atoms with E-state index in [0.29, 0.717) is 36.7 Å². The van der Waals surface area contributed by atoms with Gasteiger partial charge in [0.15, 0.2) is 11.5 Å². The minimum absolute atomic E-state index is 0.0498. The maximum absolute atomic E-state index is 12.1. The Bertz CT molecular complexity index is 844. The number of anilines is 1. The van der Waals surface area contributed by atoms with Crippen molar-refractivity contribution in [1.29, 1.82) is 0 Å². The van der Waals surface area contributed by atoms with Gasteiger partial charge in [-0.25, -0.2) is 4.79 Å². The van der Waals surface area contributed by atoms with Crippen LogP contribution in [-0.2, 0) is 9.53 Å². The molecule has 6 nitrogen and oxygen atoms in total. The number of methoxy groups -OCH3 is 1. The summed E-state index contributed by atoms with van der Waals surface area (Å²) in [7, 11) is 1.35. The predicted molar refractivity (Wildman–Crippen MR) is 90.3 cm³/mol. The van der Waals surface area contributed by atoms with Gasteiger partial charge in [-0.1, -0.05) is 12.1 Å². The topological polar surface area (TPSA) is 73.9 Å². The quantitative estimate of drug-likeness (QED) is 0.852. The molecule has 1 atom stereocenters. The van der Waals surface area contributed by atoms with Gasteiger partial charge in [-0.3, -0.25) is 4.79 Å². The first-order valence-electron chi connectivity index (χ1n) is 8.07. The fraction of sp³-hybridized carbons (Fsp3) is 0.263. The smallest absolute Gasteiger partial charge is 0.337 e. The Morgan fingerprint density at radius 2 is 1.80 bits per heavy atom. The maximum Gasteiger partial charge on any atom is 0.337 e. The molecule has 0 fully saturated rings. The highest BCUT2D eigenvalue weighted by molar-refractivity contribution is 5.96. The van der Waals surface area contributed by atoms with Crippen molar-refractivity contribution in [3.05, 3.63) is 53.1 Å². The molecule has 2 aliphatic rings. The second kappa shape index (κ2) is 6.12. The molecule has 4 rings (SSSR count). The molecular weight excluding hydrogens is 322 g/mol. The highest BCUT2D eigenvalue weighted by Crippen LogP contribution is 2.43. The SMILES string of the molecule is COC(=O)c1ccc([C@H]2CC(=O)Nc3cc4c(cc32)OCCO4)cc1. The minimum Gasteiger partial charge on any atom is -0.486 e. The number of carbonyl (C=O) groups excluding carboxylic acids is 2. The second-order valence-electron chi connectivity index (χ2n) is 6.00. The number of fused-ring (bicyclic) bond motifs is 2.